The number of likely N-dealkylation sites (N-methyl/N-ethyl adjacent to an activating group) is 1. The molecule has 12 nitrogen and oxygen atoms in total. The molecular formula is C35H34FN7O5. The van der Waals surface area contributed by atoms with Gasteiger partial charge in [-0.1, -0.05) is 26.5 Å². The van der Waals surface area contributed by atoms with Gasteiger partial charge in [0.05, 0.1) is 34.7 Å². The van der Waals surface area contributed by atoms with Gasteiger partial charge in [0.15, 0.2) is 11.2 Å². The number of piperazine rings is 1. The van der Waals surface area contributed by atoms with E-state index in [1.807, 2.05) is 27.7 Å². The minimum Gasteiger partial charge on any atom is -0.407 e. The molecule has 1 aromatic carbocycles. The number of carbonyl (C=O) groups is 2. The lowest BCUT2D eigenvalue weighted by molar-refractivity contribution is -0.130. The third kappa shape index (κ3) is 4.40. The fraction of sp³-hybridized carbons (Fsp3) is 0.314. The lowest BCUT2D eigenvalue weighted by atomic mass is 9.97. The predicted molar refractivity (Wildman–Crippen MR) is 180 cm³/mol. The van der Waals surface area contributed by atoms with Crippen LogP contribution in [0.3, 0.4) is 0 Å². The molecule has 5 aromatic rings. The van der Waals surface area contributed by atoms with Gasteiger partial charge in [-0.3, -0.25) is 28.9 Å². The van der Waals surface area contributed by atoms with E-state index >= 15 is 4.39 Å². The molecule has 1 saturated heterocycles. The molecule has 1 fully saturated rings. The monoisotopic (exact) mass is 651 g/mol. The molecule has 0 aliphatic carbocycles. The van der Waals surface area contributed by atoms with Gasteiger partial charge < -0.3 is 19.1 Å². The highest BCUT2D eigenvalue weighted by molar-refractivity contribution is 6.12. The topological polar surface area (TPSA) is 138 Å². The van der Waals surface area contributed by atoms with Gasteiger partial charge in [0.2, 0.25) is 5.91 Å². The normalized spacial score (nSPS) is 17.8. The van der Waals surface area contributed by atoms with E-state index in [9.17, 15) is 19.2 Å². The molecule has 246 valence electrons. The Hall–Kier alpha value is -5.59. The van der Waals surface area contributed by atoms with Gasteiger partial charge in [0.1, 0.15) is 23.2 Å². The molecule has 7 rings (SSSR count). The number of anilines is 2. The third-order valence-electron chi connectivity index (χ3n) is 9.45. The van der Waals surface area contributed by atoms with Gasteiger partial charge in [-0.05, 0) is 62.1 Å². The Morgan fingerprint density at radius 2 is 1.85 bits per heavy atom. The first kappa shape index (κ1) is 31.0. The van der Waals surface area contributed by atoms with Crippen LogP contribution < -0.4 is 21.1 Å². The summed E-state index contributed by atoms with van der Waals surface area (Å²) in [5, 5.41) is 0.296. The Morgan fingerprint density at radius 3 is 2.56 bits per heavy atom. The summed E-state index contributed by atoms with van der Waals surface area (Å²) in [4.78, 5) is 70.6. The van der Waals surface area contributed by atoms with Gasteiger partial charge >= 0.3 is 5.76 Å². The Morgan fingerprint density at radius 1 is 1.10 bits per heavy atom. The summed E-state index contributed by atoms with van der Waals surface area (Å²) >= 11 is 0. The van der Waals surface area contributed by atoms with E-state index < -0.39 is 23.2 Å². The zero-order chi connectivity index (χ0) is 34.3. The van der Waals surface area contributed by atoms with E-state index in [1.54, 1.807) is 41.1 Å². The number of fused-ring (bicyclic) bond motifs is 6. The second-order valence-corrected chi connectivity index (χ2v) is 12.8. The second-order valence-electron chi connectivity index (χ2n) is 12.8. The molecule has 48 heavy (non-hydrogen) atoms. The average Bonchev–Trinajstić information content (AvgIpc) is 3.43. The van der Waals surface area contributed by atoms with Crippen LogP contribution in [0, 0.1) is 19.7 Å². The maximum atomic E-state index is 16.6. The number of aryl methyl sites for hydroxylation is 2. The van der Waals surface area contributed by atoms with Crippen LogP contribution in [-0.2, 0) is 9.59 Å². The summed E-state index contributed by atoms with van der Waals surface area (Å²) in [5.41, 5.74) is 3.13. The van der Waals surface area contributed by atoms with Gasteiger partial charge in [0.25, 0.3) is 11.5 Å². The van der Waals surface area contributed by atoms with Crippen LogP contribution in [0.4, 0.5) is 15.8 Å². The molecule has 1 N–H and O–H groups in total. The van der Waals surface area contributed by atoms with Crippen LogP contribution in [0.25, 0.3) is 39.1 Å². The van der Waals surface area contributed by atoms with Crippen LogP contribution in [-0.4, -0.2) is 68.5 Å². The number of hydrogen-bond donors (Lipinski definition) is 1. The number of pyridine rings is 3. The lowest BCUT2D eigenvalue weighted by Crippen LogP contribution is -2.66. The van der Waals surface area contributed by atoms with Crippen LogP contribution >= 0.6 is 0 Å². The van der Waals surface area contributed by atoms with Crippen molar-refractivity contribution >= 4 is 45.3 Å². The Kier molecular flexibility index (Phi) is 7.11. The molecule has 6 heterocycles. The number of aromatic amines is 1. The zero-order valence-corrected chi connectivity index (χ0v) is 27.4. The fourth-order valence-electron chi connectivity index (χ4n) is 7.12. The lowest BCUT2D eigenvalue weighted by Gasteiger charge is -2.49. The number of benzene rings is 1. The van der Waals surface area contributed by atoms with E-state index in [0.29, 0.717) is 33.5 Å². The molecule has 0 spiro atoms. The smallest absolute Gasteiger partial charge is 0.407 e. The first-order valence-corrected chi connectivity index (χ1v) is 15.7. The molecule has 0 bridgehead atoms. The Labute approximate surface area is 274 Å². The van der Waals surface area contributed by atoms with Crippen molar-refractivity contribution in [3.05, 3.63) is 86.7 Å². The minimum atomic E-state index is -0.833. The second kappa shape index (κ2) is 11.0. The van der Waals surface area contributed by atoms with Crippen molar-refractivity contribution in [2.24, 2.45) is 0 Å². The maximum absolute atomic E-state index is 16.6. The number of amides is 2. The molecule has 2 amide bonds. The van der Waals surface area contributed by atoms with Crippen molar-refractivity contribution in [3.8, 4) is 16.9 Å². The number of H-pyrrole nitrogens is 1. The van der Waals surface area contributed by atoms with E-state index in [0.717, 1.165) is 5.56 Å². The molecular weight excluding hydrogens is 617 g/mol. The van der Waals surface area contributed by atoms with Crippen molar-refractivity contribution in [3.63, 3.8) is 0 Å². The molecule has 2 unspecified atom stereocenters. The molecule has 4 aromatic heterocycles. The number of oxazole rings is 1. The molecule has 2 aliphatic heterocycles. The largest absolute Gasteiger partial charge is 0.417 e. The number of hydrogen-bond acceptors (Lipinski definition) is 8. The minimum absolute atomic E-state index is 0.0557. The van der Waals surface area contributed by atoms with Crippen LogP contribution in [0.15, 0.2) is 57.1 Å². The average molecular weight is 652 g/mol. The fourth-order valence-corrected chi connectivity index (χ4v) is 7.12. The Balaban J connectivity index is 1.62. The summed E-state index contributed by atoms with van der Waals surface area (Å²) in [6, 6.07) is 5.32. The maximum Gasteiger partial charge on any atom is 0.417 e. The van der Waals surface area contributed by atoms with Crippen molar-refractivity contribution in [1.82, 2.24) is 24.4 Å². The first-order valence-electron chi connectivity index (χ1n) is 15.7. The third-order valence-corrected chi connectivity index (χ3v) is 9.45. The van der Waals surface area contributed by atoms with Crippen molar-refractivity contribution in [2.45, 2.75) is 52.6 Å². The molecule has 2 atom stereocenters. The highest BCUT2D eigenvalue weighted by atomic mass is 19.1. The highest BCUT2D eigenvalue weighted by Gasteiger charge is 2.46. The van der Waals surface area contributed by atoms with Gasteiger partial charge in [0, 0.05) is 31.2 Å². The zero-order valence-electron chi connectivity index (χ0n) is 27.4. The van der Waals surface area contributed by atoms with Crippen molar-refractivity contribution < 1.29 is 18.4 Å². The number of nitrogens with one attached hydrogen (secondary N) is 1. The summed E-state index contributed by atoms with van der Waals surface area (Å²) in [6.45, 7) is 13.2. The van der Waals surface area contributed by atoms with Gasteiger partial charge in [-0.25, -0.2) is 14.2 Å². The van der Waals surface area contributed by atoms with Crippen LogP contribution in [0.2, 0.25) is 0 Å². The standard InChI is InChI=1S/C35H34FN7O5/c1-8-24(44)41-15-23-33(45)40(7)30-29(42(23)14-19(41)6)20-13-21(36)27(25-17(4)9-10-22-31(25)48-35(47)38-22)39-32(20)43(34(30)46)28-18(5)11-12-37-26(28)16(2)3/h8-13,16,19,23H,1,14-15H2,2-7H3,(H,38,47). The van der Waals surface area contributed by atoms with Crippen LogP contribution in [0.5, 0.6) is 0 Å². The number of aromatic nitrogens is 4. The van der Waals surface area contributed by atoms with E-state index in [1.165, 1.54) is 28.7 Å². The van der Waals surface area contributed by atoms with Crippen LogP contribution in [0.1, 0.15) is 43.5 Å². The molecule has 0 radical (unpaired) electrons. The first-order chi connectivity index (χ1) is 22.8. The van der Waals surface area contributed by atoms with E-state index in [-0.39, 0.29) is 65.0 Å². The summed E-state index contributed by atoms with van der Waals surface area (Å²) in [5.74, 6) is -2.20. The summed E-state index contributed by atoms with van der Waals surface area (Å²) in [7, 11) is 1.52. The number of nitrogens with zero attached hydrogens (tertiary/aromatic N) is 6. The quantitative estimate of drug-likeness (QED) is 0.284. The highest BCUT2D eigenvalue weighted by Crippen LogP contribution is 2.43. The Bertz CT molecular complexity index is 2340. The summed E-state index contributed by atoms with van der Waals surface area (Å²) < 4.78 is 23.5. The number of carbonyl (C=O) groups excluding carboxylic acids is 2. The SMILES string of the molecule is C=CC(=O)N1CC2C(=O)N(C)c3c(c4cc(F)c(-c5c(C)ccc6[nH]c(=O)oc56)nc4n(-c4c(C)ccnc4C(C)C)c3=O)N2CC1C. The van der Waals surface area contributed by atoms with Gasteiger partial charge in [-0.2, -0.15) is 0 Å². The van der Waals surface area contributed by atoms with Gasteiger partial charge in [-0.15, -0.1) is 0 Å². The molecule has 13 heteroatoms. The number of halogens is 1. The van der Waals surface area contributed by atoms with E-state index in [4.69, 9.17) is 9.40 Å². The van der Waals surface area contributed by atoms with Crippen molar-refractivity contribution in [2.75, 3.05) is 29.9 Å². The molecule has 2 aliphatic rings. The summed E-state index contributed by atoms with van der Waals surface area (Å²) in [6.07, 6.45) is 2.88. The molecule has 0 saturated carbocycles. The number of rotatable bonds is 4. The van der Waals surface area contributed by atoms with E-state index in [2.05, 4.69) is 16.5 Å². The predicted octanol–water partition coefficient (Wildman–Crippen LogP) is 4.33. The van der Waals surface area contributed by atoms with Crippen molar-refractivity contribution in [1.29, 1.82) is 0 Å².